The molecular formula is C26H27N9. The average Bonchev–Trinajstić information content (AvgIpc) is 3.56. The molecule has 176 valence electrons. The molecule has 1 fully saturated rings. The summed E-state index contributed by atoms with van der Waals surface area (Å²) in [4.78, 5) is 16.5. The third kappa shape index (κ3) is 5.27. The molecule has 0 atom stereocenters. The second-order valence-electron chi connectivity index (χ2n) is 8.94. The Kier molecular flexibility index (Phi) is 6.35. The van der Waals surface area contributed by atoms with E-state index >= 15 is 0 Å². The third-order valence-electron chi connectivity index (χ3n) is 5.78. The van der Waals surface area contributed by atoms with Crippen LogP contribution in [0.15, 0.2) is 54.7 Å². The second kappa shape index (κ2) is 9.89. The zero-order valence-corrected chi connectivity index (χ0v) is 19.9. The number of aromatic nitrogens is 6. The van der Waals surface area contributed by atoms with Crippen molar-refractivity contribution in [1.82, 2.24) is 29.9 Å². The van der Waals surface area contributed by atoms with Gasteiger partial charge in [0.2, 0.25) is 5.95 Å². The number of nitrogens with zero attached hydrogens (tertiary/aromatic N) is 8. The zero-order valence-electron chi connectivity index (χ0n) is 19.9. The van der Waals surface area contributed by atoms with E-state index in [1.165, 1.54) is 12.8 Å². The van der Waals surface area contributed by atoms with E-state index in [0.29, 0.717) is 35.1 Å². The van der Waals surface area contributed by atoms with Gasteiger partial charge in [-0.1, -0.05) is 23.4 Å². The van der Waals surface area contributed by atoms with Gasteiger partial charge in [-0.05, 0) is 57.0 Å². The van der Waals surface area contributed by atoms with Crippen LogP contribution < -0.4 is 10.2 Å². The predicted molar refractivity (Wildman–Crippen MR) is 135 cm³/mol. The van der Waals surface area contributed by atoms with Crippen LogP contribution in [0.2, 0.25) is 0 Å². The van der Waals surface area contributed by atoms with Crippen molar-refractivity contribution in [2.45, 2.75) is 39.3 Å². The Balaban J connectivity index is 1.43. The molecule has 0 radical (unpaired) electrons. The van der Waals surface area contributed by atoms with E-state index in [1.54, 1.807) is 10.7 Å². The molecule has 1 aliphatic heterocycles. The molecule has 35 heavy (non-hydrogen) atoms. The fourth-order valence-electron chi connectivity index (χ4n) is 4.13. The molecule has 9 heteroatoms. The molecule has 1 aliphatic rings. The Labute approximate surface area is 204 Å². The number of hydrogen-bond acceptors (Lipinski definition) is 8. The number of benzene rings is 1. The summed E-state index contributed by atoms with van der Waals surface area (Å²) in [6.07, 6.45) is 4.31. The third-order valence-corrected chi connectivity index (χ3v) is 5.78. The lowest BCUT2D eigenvalue weighted by Crippen LogP contribution is -2.19. The lowest BCUT2D eigenvalue weighted by atomic mass is 10.1. The van der Waals surface area contributed by atoms with Crippen molar-refractivity contribution in [2.75, 3.05) is 23.3 Å². The Hall–Kier alpha value is -4.32. The summed E-state index contributed by atoms with van der Waals surface area (Å²) >= 11 is 0. The van der Waals surface area contributed by atoms with E-state index in [1.807, 2.05) is 56.4 Å². The van der Waals surface area contributed by atoms with E-state index in [9.17, 15) is 5.26 Å². The van der Waals surface area contributed by atoms with Crippen molar-refractivity contribution in [2.24, 2.45) is 0 Å². The molecule has 0 spiro atoms. The van der Waals surface area contributed by atoms with Gasteiger partial charge in [0, 0.05) is 24.7 Å². The first-order chi connectivity index (χ1) is 17.1. The fraction of sp³-hybridized carbons (Fsp3) is 0.308. The van der Waals surface area contributed by atoms with Gasteiger partial charge in [-0.25, -0.2) is 19.6 Å². The van der Waals surface area contributed by atoms with Gasteiger partial charge in [0.1, 0.15) is 11.5 Å². The molecule has 3 aromatic heterocycles. The number of nitriles is 1. The first kappa shape index (κ1) is 22.5. The van der Waals surface area contributed by atoms with E-state index in [2.05, 4.69) is 42.6 Å². The van der Waals surface area contributed by atoms with Crippen LogP contribution >= 0.6 is 0 Å². The second-order valence-corrected chi connectivity index (χ2v) is 8.94. The van der Waals surface area contributed by atoms with Crippen LogP contribution in [0, 0.1) is 11.3 Å². The Morgan fingerprint density at radius 2 is 1.77 bits per heavy atom. The summed E-state index contributed by atoms with van der Waals surface area (Å²) in [7, 11) is 0. The van der Waals surface area contributed by atoms with Crippen LogP contribution in [0.4, 0.5) is 11.8 Å². The van der Waals surface area contributed by atoms with Crippen molar-refractivity contribution in [3.63, 3.8) is 0 Å². The maximum atomic E-state index is 9.29. The maximum absolute atomic E-state index is 9.29. The SMILES string of the molecule is CC(C)Nc1nc(-c2cccc(C#N)c2)cc(-c2cn(Cc3cccc(N4CCCC4)n3)nn2)n1. The first-order valence-electron chi connectivity index (χ1n) is 11.8. The van der Waals surface area contributed by atoms with Crippen LogP contribution in [-0.4, -0.2) is 49.1 Å². The minimum absolute atomic E-state index is 0.160. The highest BCUT2D eigenvalue weighted by Crippen LogP contribution is 2.25. The van der Waals surface area contributed by atoms with Crippen molar-refractivity contribution in [1.29, 1.82) is 5.26 Å². The fourth-order valence-corrected chi connectivity index (χ4v) is 4.13. The summed E-state index contributed by atoms with van der Waals surface area (Å²) in [6, 6.07) is 17.7. The first-order valence-corrected chi connectivity index (χ1v) is 11.8. The van der Waals surface area contributed by atoms with Crippen molar-refractivity contribution < 1.29 is 0 Å². The van der Waals surface area contributed by atoms with E-state index in [0.717, 1.165) is 30.2 Å². The summed E-state index contributed by atoms with van der Waals surface area (Å²) in [6.45, 7) is 6.71. The molecule has 5 rings (SSSR count). The highest BCUT2D eigenvalue weighted by molar-refractivity contribution is 5.68. The summed E-state index contributed by atoms with van der Waals surface area (Å²) in [5, 5.41) is 21.3. The van der Waals surface area contributed by atoms with Crippen molar-refractivity contribution in [3.05, 3.63) is 66.0 Å². The molecule has 4 aromatic rings. The zero-order chi connectivity index (χ0) is 24.2. The van der Waals surface area contributed by atoms with Gasteiger partial charge in [0.05, 0.1) is 41.5 Å². The summed E-state index contributed by atoms with van der Waals surface area (Å²) in [5.41, 5.74) is 4.37. The largest absolute Gasteiger partial charge is 0.357 e. The normalized spacial score (nSPS) is 13.3. The number of rotatable bonds is 7. The standard InChI is InChI=1S/C26H27N9/c1-18(2)28-26-30-22(20-8-5-7-19(13-20)15-27)14-23(31-26)24-17-35(33-32-24)16-21-9-6-10-25(29-21)34-11-3-4-12-34/h5-10,13-14,17-18H,3-4,11-12,16H2,1-2H3,(H,28,30,31). The quantitative estimate of drug-likeness (QED) is 0.434. The number of nitrogens with one attached hydrogen (secondary N) is 1. The molecule has 0 amide bonds. The summed E-state index contributed by atoms with van der Waals surface area (Å²) in [5.74, 6) is 1.52. The molecule has 1 N–H and O–H groups in total. The molecule has 0 bridgehead atoms. The number of pyridine rings is 1. The molecule has 1 saturated heterocycles. The molecule has 9 nitrogen and oxygen atoms in total. The van der Waals surface area contributed by atoms with Crippen LogP contribution in [0.3, 0.4) is 0 Å². The minimum Gasteiger partial charge on any atom is -0.357 e. The summed E-state index contributed by atoms with van der Waals surface area (Å²) < 4.78 is 1.78. The van der Waals surface area contributed by atoms with Crippen LogP contribution in [-0.2, 0) is 6.54 Å². The van der Waals surface area contributed by atoms with Crippen molar-refractivity contribution in [3.8, 4) is 28.7 Å². The van der Waals surface area contributed by atoms with Crippen LogP contribution in [0.25, 0.3) is 22.6 Å². The van der Waals surface area contributed by atoms with Gasteiger partial charge in [0.25, 0.3) is 0 Å². The van der Waals surface area contributed by atoms with Gasteiger partial charge in [-0.3, -0.25) is 0 Å². The highest BCUT2D eigenvalue weighted by atomic mass is 15.4. The molecule has 0 aliphatic carbocycles. The van der Waals surface area contributed by atoms with E-state index < -0.39 is 0 Å². The van der Waals surface area contributed by atoms with Crippen LogP contribution in [0.5, 0.6) is 0 Å². The Morgan fingerprint density at radius 3 is 2.57 bits per heavy atom. The van der Waals surface area contributed by atoms with Gasteiger partial charge in [0.15, 0.2) is 0 Å². The molecule has 0 saturated carbocycles. The van der Waals surface area contributed by atoms with Gasteiger partial charge >= 0.3 is 0 Å². The Morgan fingerprint density at radius 1 is 0.971 bits per heavy atom. The van der Waals surface area contributed by atoms with Gasteiger partial charge < -0.3 is 10.2 Å². The topological polar surface area (TPSA) is 108 Å². The van der Waals surface area contributed by atoms with Crippen LogP contribution in [0.1, 0.15) is 37.9 Å². The average molecular weight is 466 g/mol. The molecule has 0 unspecified atom stereocenters. The number of anilines is 2. The van der Waals surface area contributed by atoms with Gasteiger partial charge in [-0.15, -0.1) is 5.10 Å². The Bertz CT molecular complexity index is 1360. The van der Waals surface area contributed by atoms with E-state index in [-0.39, 0.29) is 6.04 Å². The highest BCUT2D eigenvalue weighted by Gasteiger charge is 2.15. The monoisotopic (exact) mass is 465 g/mol. The molecular weight excluding hydrogens is 438 g/mol. The smallest absolute Gasteiger partial charge is 0.224 e. The predicted octanol–water partition coefficient (Wildman–Crippen LogP) is 4.14. The van der Waals surface area contributed by atoms with E-state index in [4.69, 9.17) is 4.98 Å². The molecule has 4 heterocycles. The number of hydrogen-bond donors (Lipinski definition) is 1. The molecule has 1 aromatic carbocycles. The minimum atomic E-state index is 0.160. The van der Waals surface area contributed by atoms with Crippen molar-refractivity contribution >= 4 is 11.8 Å². The lowest BCUT2D eigenvalue weighted by Gasteiger charge is -2.16. The van der Waals surface area contributed by atoms with Gasteiger partial charge in [-0.2, -0.15) is 5.26 Å². The lowest BCUT2D eigenvalue weighted by molar-refractivity contribution is 0.638. The maximum Gasteiger partial charge on any atom is 0.224 e.